The molecule has 0 spiro atoms. The molecule has 5 heteroatoms. The molecule has 0 heterocycles. The Morgan fingerprint density at radius 2 is 2.33 bits per heavy atom. The molecule has 0 fully saturated rings. The predicted octanol–water partition coefficient (Wildman–Crippen LogP) is 2.61. The summed E-state index contributed by atoms with van der Waals surface area (Å²) in [5.41, 5.74) is 0.606. The third kappa shape index (κ3) is 4.06. The molecule has 0 bridgehead atoms. The van der Waals surface area contributed by atoms with Crippen LogP contribution in [0.25, 0.3) is 0 Å². The van der Waals surface area contributed by atoms with E-state index < -0.39 is 17.7 Å². The number of nitrogens with zero attached hydrogens (tertiary/aromatic N) is 1. The van der Waals surface area contributed by atoms with Gasteiger partial charge < -0.3 is 10.4 Å². The fourth-order valence-electron chi connectivity index (χ4n) is 1.48. The number of halogens is 1. The maximum atomic E-state index is 13.4. The number of nitriles is 1. The highest BCUT2D eigenvalue weighted by molar-refractivity contribution is 5.69. The quantitative estimate of drug-likeness (QED) is 0.761. The summed E-state index contributed by atoms with van der Waals surface area (Å²) in [6.45, 7) is 2.14. The van der Waals surface area contributed by atoms with E-state index in [4.69, 9.17) is 10.4 Å². The summed E-state index contributed by atoms with van der Waals surface area (Å²) in [4.78, 5) is 10.6. The van der Waals surface area contributed by atoms with Gasteiger partial charge in [-0.2, -0.15) is 5.26 Å². The molecule has 96 valence electrons. The highest BCUT2D eigenvalue weighted by atomic mass is 19.1. The number of nitrogens with one attached hydrogen (secondary N) is 1. The fraction of sp³-hybridized carbons (Fsp3) is 0.385. The largest absolute Gasteiger partial charge is 0.481 e. The van der Waals surface area contributed by atoms with E-state index >= 15 is 0 Å². The van der Waals surface area contributed by atoms with Gasteiger partial charge in [-0.25, -0.2) is 4.39 Å². The van der Waals surface area contributed by atoms with E-state index in [0.29, 0.717) is 25.1 Å². The molecule has 4 nitrogen and oxygen atoms in total. The molecule has 0 amide bonds. The van der Waals surface area contributed by atoms with E-state index in [1.165, 1.54) is 18.2 Å². The van der Waals surface area contributed by atoms with Gasteiger partial charge in [-0.05, 0) is 31.0 Å². The van der Waals surface area contributed by atoms with Crippen LogP contribution in [0, 0.1) is 23.1 Å². The van der Waals surface area contributed by atoms with Crippen LogP contribution < -0.4 is 5.32 Å². The minimum Gasteiger partial charge on any atom is -0.481 e. The molecule has 0 radical (unpaired) electrons. The summed E-state index contributed by atoms with van der Waals surface area (Å²) in [6, 6.07) is 6.07. The Morgan fingerprint density at radius 3 is 2.89 bits per heavy atom. The Bertz CT molecular complexity index is 469. The van der Waals surface area contributed by atoms with E-state index in [1.807, 2.05) is 6.07 Å². The van der Waals surface area contributed by atoms with Crippen molar-refractivity contribution in [1.82, 2.24) is 0 Å². The van der Waals surface area contributed by atoms with Crippen LogP contribution >= 0.6 is 0 Å². The molecule has 0 saturated carbocycles. The SMILES string of the molecule is CC(CCCNc1ccc(C#N)cc1F)C(=O)O. The van der Waals surface area contributed by atoms with E-state index in [2.05, 4.69) is 5.32 Å². The molecule has 0 aliphatic carbocycles. The molecule has 0 aliphatic rings. The molecule has 1 unspecified atom stereocenters. The van der Waals surface area contributed by atoms with E-state index in [0.717, 1.165) is 0 Å². The summed E-state index contributed by atoms with van der Waals surface area (Å²) in [5, 5.41) is 20.2. The van der Waals surface area contributed by atoms with Crippen LogP contribution in [0.1, 0.15) is 25.3 Å². The zero-order valence-corrected chi connectivity index (χ0v) is 10.1. The van der Waals surface area contributed by atoms with Gasteiger partial charge in [0.2, 0.25) is 0 Å². The van der Waals surface area contributed by atoms with Gasteiger partial charge >= 0.3 is 5.97 Å². The minimum absolute atomic E-state index is 0.276. The number of aliphatic carboxylic acids is 1. The second-order valence-electron chi connectivity index (χ2n) is 4.11. The maximum absolute atomic E-state index is 13.4. The first-order valence-corrected chi connectivity index (χ1v) is 5.71. The average Bonchev–Trinajstić information content (AvgIpc) is 2.35. The smallest absolute Gasteiger partial charge is 0.306 e. The van der Waals surface area contributed by atoms with E-state index in [1.54, 1.807) is 6.92 Å². The number of hydrogen-bond donors (Lipinski definition) is 2. The van der Waals surface area contributed by atoms with Crippen molar-refractivity contribution in [3.63, 3.8) is 0 Å². The van der Waals surface area contributed by atoms with Gasteiger partial charge in [0.25, 0.3) is 0 Å². The first-order chi connectivity index (χ1) is 8.54. The van der Waals surface area contributed by atoms with Crippen molar-refractivity contribution in [2.24, 2.45) is 5.92 Å². The van der Waals surface area contributed by atoms with E-state index in [9.17, 15) is 9.18 Å². The number of anilines is 1. The summed E-state index contributed by atoms with van der Waals surface area (Å²) < 4.78 is 13.4. The zero-order valence-electron chi connectivity index (χ0n) is 10.1. The predicted molar refractivity (Wildman–Crippen MR) is 65.6 cm³/mol. The van der Waals surface area contributed by atoms with Gasteiger partial charge in [0, 0.05) is 6.54 Å². The summed E-state index contributed by atoms with van der Waals surface area (Å²) in [7, 11) is 0. The highest BCUT2D eigenvalue weighted by Gasteiger charge is 2.10. The fourth-order valence-corrected chi connectivity index (χ4v) is 1.48. The lowest BCUT2D eigenvalue weighted by atomic mass is 10.1. The van der Waals surface area contributed by atoms with E-state index in [-0.39, 0.29) is 5.56 Å². The number of rotatable bonds is 6. The second kappa shape index (κ2) is 6.60. The zero-order chi connectivity index (χ0) is 13.5. The average molecular weight is 250 g/mol. The summed E-state index contributed by atoms with van der Waals surface area (Å²) >= 11 is 0. The van der Waals surface area contributed by atoms with Crippen LogP contribution in [0.4, 0.5) is 10.1 Å². The van der Waals surface area contributed by atoms with Crippen LogP contribution in [0.15, 0.2) is 18.2 Å². The molecule has 1 atom stereocenters. The highest BCUT2D eigenvalue weighted by Crippen LogP contribution is 2.15. The molecule has 1 aromatic rings. The summed E-state index contributed by atoms with van der Waals surface area (Å²) in [6.07, 6.45) is 1.19. The van der Waals surface area contributed by atoms with Crippen molar-refractivity contribution in [2.45, 2.75) is 19.8 Å². The van der Waals surface area contributed by atoms with Gasteiger partial charge in [0.1, 0.15) is 5.82 Å². The third-order valence-corrected chi connectivity index (χ3v) is 2.65. The Balaban J connectivity index is 2.41. The van der Waals surface area contributed by atoms with Gasteiger partial charge in [-0.15, -0.1) is 0 Å². The molecule has 18 heavy (non-hydrogen) atoms. The van der Waals surface area contributed by atoms with Crippen molar-refractivity contribution in [1.29, 1.82) is 5.26 Å². The van der Waals surface area contributed by atoms with Crippen molar-refractivity contribution < 1.29 is 14.3 Å². The monoisotopic (exact) mass is 250 g/mol. The van der Waals surface area contributed by atoms with Crippen LogP contribution in [-0.2, 0) is 4.79 Å². The molecule has 0 aliphatic heterocycles. The Labute approximate surface area is 105 Å². The number of hydrogen-bond acceptors (Lipinski definition) is 3. The Hall–Kier alpha value is -2.09. The standard InChI is InChI=1S/C13H15FN2O2/c1-9(13(17)18)3-2-6-16-12-5-4-10(8-15)7-11(12)14/h4-5,7,9,16H,2-3,6H2,1H3,(H,17,18). The third-order valence-electron chi connectivity index (χ3n) is 2.65. The molecule has 0 saturated heterocycles. The number of carboxylic acid groups (broad SMARTS) is 1. The number of benzene rings is 1. The molecule has 1 rings (SSSR count). The van der Waals surface area contributed by atoms with Crippen LogP contribution in [0.5, 0.6) is 0 Å². The van der Waals surface area contributed by atoms with Crippen LogP contribution in [0.3, 0.4) is 0 Å². The van der Waals surface area contributed by atoms with Crippen LogP contribution in [0.2, 0.25) is 0 Å². The first-order valence-electron chi connectivity index (χ1n) is 5.71. The molecular weight excluding hydrogens is 235 g/mol. The van der Waals surface area contributed by atoms with Crippen molar-refractivity contribution in [3.05, 3.63) is 29.6 Å². The molecule has 2 N–H and O–H groups in total. The van der Waals surface area contributed by atoms with Gasteiger partial charge in [0.15, 0.2) is 0 Å². The second-order valence-corrected chi connectivity index (χ2v) is 4.11. The lowest BCUT2D eigenvalue weighted by molar-refractivity contribution is -0.141. The molecule has 1 aromatic carbocycles. The lowest BCUT2D eigenvalue weighted by Gasteiger charge is -2.09. The van der Waals surface area contributed by atoms with Crippen LogP contribution in [-0.4, -0.2) is 17.6 Å². The van der Waals surface area contributed by atoms with Crippen molar-refractivity contribution in [3.8, 4) is 6.07 Å². The summed E-state index contributed by atoms with van der Waals surface area (Å²) in [5.74, 6) is -1.68. The van der Waals surface area contributed by atoms with Gasteiger partial charge in [0.05, 0.1) is 23.2 Å². The van der Waals surface area contributed by atoms with Crippen molar-refractivity contribution in [2.75, 3.05) is 11.9 Å². The number of carbonyl (C=O) groups is 1. The Kier molecular flexibility index (Phi) is 5.12. The molecular formula is C13H15FN2O2. The normalized spacial score (nSPS) is 11.6. The first kappa shape index (κ1) is 14.0. The van der Waals surface area contributed by atoms with Gasteiger partial charge in [-0.3, -0.25) is 4.79 Å². The minimum atomic E-state index is -0.820. The Morgan fingerprint density at radius 1 is 1.61 bits per heavy atom. The topological polar surface area (TPSA) is 73.1 Å². The maximum Gasteiger partial charge on any atom is 0.306 e. The van der Waals surface area contributed by atoms with Crippen molar-refractivity contribution >= 4 is 11.7 Å². The lowest BCUT2D eigenvalue weighted by Crippen LogP contribution is -2.12. The van der Waals surface area contributed by atoms with Gasteiger partial charge in [-0.1, -0.05) is 6.92 Å². The number of carboxylic acids is 1. The molecule has 0 aromatic heterocycles.